The number of rotatable bonds is 4. The number of nitrogen functional groups attached to an aromatic ring is 1. The van der Waals surface area contributed by atoms with Gasteiger partial charge in [0.2, 0.25) is 0 Å². The monoisotopic (exact) mass is 393 g/mol. The third-order valence-electron chi connectivity index (χ3n) is 4.08. The van der Waals surface area contributed by atoms with E-state index >= 15 is 0 Å². The van der Waals surface area contributed by atoms with Crippen LogP contribution in [0.15, 0.2) is 30.6 Å². The molecule has 28 heavy (non-hydrogen) atoms. The molecule has 2 heterocycles. The van der Waals surface area contributed by atoms with Crippen LogP contribution in [0.2, 0.25) is 0 Å². The Bertz CT molecular complexity index is 1050. The minimum absolute atomic E-state index is 0.00413. The normalized spacial score (nSPS) is 11.6. The van der Waals surface area contributed by atoms with Crippen molar-refractivity contribution in [3.8, 4) is 11.3 Å². The summed E-state index contributed by atoms with van der Waals surface area (Å²) in [5.74, 6) is -1.47. The second kappa shape index (κ2) is 7.37. The highest BCUT2D eigenvalue weighted by molar-refractivity contribution is 6.09. The Morgan fingerprint density at radius 2 is 1.96 bits per heavy atom. The number of carbonyl (C=O) groups excluding carboxylic acids is 1. The largest absolute Gasteiger partial charge is 0.418 e. The van der Waals surface area contributed by atoms with Gasteiger partial charge in [0.1, 0.15) is 11.5 Å². The lowest BCUT2D eigenvalue weighted by molar-refractivity contribution is -0.137. The quantitative estimate of drug-likeness (QED) is 0.661. The van der Waals surface area contributed by atoms with Crippen LogP contribution in [0.3, 0.4) is 0 Å². The number of fused-ring (bicyclic) bond motifs is 1. The molecule has 0 saturated heterocycles. The van der Waals surface area contributed by atoms with Crippen LogP contribution in [-0.2, 0) is 6.18 Å². The Kier molecular flexibility index (Phi) is 5.12. The molecule has 3 rings (SSSR count). The van der Waals surface area contributed by atoms with E-state index < -0.39 is 34.7 Å². The van der Waals surface area contributed by atoms with Crippen molar-refractivity contribution >= 4 is 22.4 Å². The molecule has 3 aromatic rings. The van der Waals surface area contributed by atoms with Crippen molar-refractivity contribution < 1.29 is 22.4 Å². The average Bonchev–Trinajstić information content (AvgIpc) is 2.65. The Labute approximate surface area is 156 Å². The van der Waals surface area contributed by atoms with Crippen LogP contribution in [0.25, 0.3) is 22.0 Å². The average molecular weight is 393 g/mol. The maximum Gasteiger partial charge on any atom is 0.418 e. The molecule has 0 aliphatic rings. The van der Waals surface area contributed by atoms with Crippen LogP contribution in [0.4, 0.5) is 23.2 Å². The highest BCUT2D eigenvalue weighted by Gasteiger charge is 2.36. The van der Waals surface area contributed by atoms with Crippen molar-refractivity contribution in [1.29, 1.82) is 0 Å². The van der Waals surface area contributed by atoms with Crippen molar-refractivity contribution in [2.24, 2.45) is 0 Å². The number of hydrogen-bond donors (Lipinski definition) is 2. The molecule has 1 amide bonds. The summed E-state index contributed by atoms with van der Waals surface area (Å²) in [4.78, 5) is 16.1. The summed E-state index contributed by atoms with van der Waals surface area (Å²) in [5.41, 5.74) is 3.60. The molecule has 1 aromatic carbocycles. The fourth-order valence-corrected chi connectivity index (χ4v) is 2.78. The lowest BCUT2D eigenvalue weighted by Gasteiger charge is -2.15. The number of aromatic nitrogens is 3. The minimum atomic E-state index is -4.77. The van der Waals surface area contributed by atoms with Gasteiger partial charge in [0.05, 0.1) is 17.4 Å². The van der Waals surface area contributed by atoms with Crippen LogP contribution < -0.4 is 11.1 Å². The first kappa shape index (κ1) is 19.5. The van der Waals surface area contributed by atoms with Gasteiger partial charge < -0.3 is 11.1 Å². The van der Waals surface area contributed by atoms with Gasteiger partial charge in [-0.25, -0.2) is 9.37 Å². The van der Waals surface area contributed by atoms with Crippen LogP contribution >= 0.6 is 0 Å². The van der Waals surface area contributed by atoms with Crippen LogP contribution in [0.5, 0.6) is 0 Å². The fraction of sp³-hybridized carbons (Fsp3) is 0.222. The van der Waals surface area contributed by atoms with Crippen LogP contribution in [0.1, 0.15) is 29.4 Å². The van der Waals surface area contributed by atoms with Crippen molar-refractivity contribution in [3.05, 3.63) is 47.7 Å². The van der Waals surface area contributed by atoms with Gasteiger partial charge in [-0.05, 0) is 24.6 Å². The summed E-state index contributed by atoms with van der Waals surface area (Å²) >= 11 is 0. The standard InChI is InChI=1S/C18H15F4N5O/c1-2-6-24-17(28)16-14(23)9-3-4-12(19)13(10(9)8-25-16)15-11(18(20,21)22)5-7-26-27-15/h3-5,7-8H,2,6,23H2,1H3,(H,24,28). The predicted octanol–water partition coefficient (Wildman–Crippen LogP) is 3.57. The molecule has 0 radical (unpaired) electrons. The fourth-order valence-electron chi connectivity index (χ4n) is 2.78. The molecule has 0 bridgehead atoms. The molecule has 6 nitrogen and oxygen atoms in total. The van der Waals surface area contributed by atoms with Gasteiger partial charge in [-0.2, -0.15) is 18.3 Å². The highest BCUT2D eigenvalue weighted by Crippen LogP contribution is 2.40. The van der Waals surface area contributed by atoms with E-state index in [0.29, 0.717) is 19.0 Å². The maximum absolute atomic E-state index is 14.5. The van der Waals surface area contributed by atoms with E-state index in [9.17, 15) is 22.4 Å². The molecule has 0 saturated carbocycles. The first-order chi connectivity index (χ1) is 13.3. The summed E-state index contributed by atoms with van der Waals surface area (Å²) in [6.07, 6.45) is -2.09. The van der Waals surface area contributed by atoms with Gasteiger partial charge >= 0.3 is 6.18 Å². The summed E-state index contributed by atoms with van der Waals surface area (Å²) < 4.78 is 54.6. The third-order valence-corrected chi connectivity index (χ3v) is 4.08. The number of amides is 1. The molecular formula is C18H15F4N5O. The first-order valence-electron chi connectivity index (χ1n) is 8.29. The van der Waals surface area contributed by atoms with Crippen molar-refractivity contribution in [2.45, 2.75) is 19.5 Å². The Morgan fingerprint density at radius 3 is 2.64 bits per heavy atom. The van der Waals surface area contributed by atoms with Gasteiger partial charge in [-0.1, -0.05) is 6.92 Å². The number of nitrogens with zero attached hydrogens (tertiary/aromatic N) is 3. The van der Waals surface area contributed by atoms with E-state index in [1.54, 1.807) is 0 Å². The van der Waals surface area contributed by atoms with E-state index in [2.05, 4.69) is 20.5 Å². The smallest absolute Gasteiger partial charge is 0.396 e. The van der Waals surface area contributed by atoms with E-state index in [1.165, 1.54) is 6.07 Å². The zero-order valence-corrected chi connectivity index (χ0v) is 14.6. The molecule has 2 aromatic heterocycles. The molecule has 10 heteroatoms. The van der Waals surface area contributed by atoms with E-state index in [-0.39, 0.29) is 22.2 Å². The zero-order chi connectivity index (χ0) is 20.5. The summed E-state index contributed by atoms with van der Waals surface area (Å²) in [6.45, 7) is 2.27. The number of nitrogens with two attached hydrogens (primary N) is 1. The number of nitrogens with one attached hydrogen (secondary N) is 1. The number of halogens is 4. The lowest BCUT2D eigenvalue weighted by atomic mass is 9.98. The number of pyridine rings is 1. The summed E-state index contributed by atoms with van der Waals surface area (Å²) in [6, 6.07) is 2.96. The van der Waals surface area contributed by atoms with Crippen molar-refractivity contribution in [2.75, 3.05) is 12.3 Å². The highest BCUT2D eigenvalue weighted by atomic mass is 19.4. The molecule has 146 valence electrons. The van der Waals surface area contributed by atoms with Gasteiger partial charge in [0.25, 0.3) is 5.91 Å². The molecule has 0 aliphatic heterocycles. The summed E-state index contributed by atoms with van der Waals surface area (Å²) in [7, 11) is 0. The molecule has 3 N–H and O–H groups in total. The van der Waals surface area contributed by atoms with E-state index in [0.717, 1.165) is 18.5 Å². The molecular weight excluding hydrogens is 378 g/mol. The van der Waals surface area contributed by atoms with Gasteiger partial charge in [-0.3, -0.25) is 4.79 Å². The van der Waals surface area contributed by atoms with E-state index in [1.807, 2.05) is 6.92 Å². The second-order valence-corrected chi connectivity index (χ2v) is 5.95. The van der Waals surface area contributed by atoms with Crippen molar-refractivity contribution in [3.63, 3.8) is 0 Å². The maximum atomic E-state index is 14.5. The molecule has 0 aliphatic carbocycles. The van der Waals surface area contributed by atoms with Gasteiger partial charge in [-0.15, -0.1) is 5.10 Å². The molecule has 0 spiro atoms. The van der Waals surface area contributed by atoms with Crippen LogP contribution in [-0.4, -0.2) is 27.6 Å². The first-order valence-corrected chi connectivity index (χ1v) is 8.29. The SMILES string of the molecule is CCCNC(=O)c1ncc2c(-c3nnccc3C(F)(F)F)c(F)ccc2c1N. The number of hydrogen-bond acceptors (Lipinski definition) is 5. The Balaban J connectivity index is 2.25. The third kappa shape index (κ3) is 3.45. The Morgan fingerprint density at radius 1 is 1.21 bits per heavy atom. The van der Waals surface area contributed by atoms with E-state index in [4.69, 9.17) is 5.73 Å². The Hall–Kier alpha value is -3.30. The summed E-state index contributed by atoms with van der Waals surface area (Å²) in [5, 5.41) is 9.75. The number of carbonyl (C=O) groups is 1. The van der Waals surface area contributed by atoms with Crippen molar-refractivity contribution in [1.82, 2.24) is 20.5 Å². The second-order valence-electron chi connectivity index (χ2n) is 5.95. The number of alkyl halides is 3. The number of anilines is 1. The topological polar surface area (TPSA) is 93.8 Å². The zero-order valence-electron chi connectivity index (χ0n) is 14.6. The van der Waals surface area contributed by atoms with Gasteiger partial charge in [0, 0.05) is 29.1 Å². The predicted molar refractivity (Wildman–Crippen MR) is 94.8 cm³/mol. The minimum Gasteiger partial charge on any atom is -0.396 e. The van der Waals surface area contributed by atoms with Gasteiger partial charge in [0.15, 0.2) is 5.69 Å². The van der Waals surface area contributed by atoms with Crippen LogP contribution in [0, 0.1) is 5.82 Å². The molecule has 0 atom stereocenters. The number of benzene rings is 1. The lowest BCUT2D eigenvalue weighted by Crippen LogP contribution is -2.26. The molecule has 0 fully saturated rings. The molecule has 0 unspecified atom stereocenters.